The summed E-state index contributed by atoms with van der Waals surface area (Å²) in [6.45, 7) is 2.64. The van der Waals surface area contributed by atoms with Crippen molar-refractivity contribution >= 4 is 5.69 Å². The molecule has 0 saturated carbocycles. The summed E-state index contributed by atoms with van der Waals surface area (Å²) < 4.78 is 4.64. The fourth-order valence-corrected chi connectivity index (χ4v) is 1.60. The van der Waals surface area contributed by atoms with Gasteiger partial charge in [0, 0.05) is 13.0 Å². The molecule has 1 N–H and O–H groups in total. The summed E-state index contributed by atoms with van der Waals surface area (Å²) >= 11 is 0. The van der Waals surface area contributed by atoms with Crippen molar-refractivity contribution in [2.45, 2.75) is 13.3 Å². The van der Waals surface area contributed by atoms with E-state index < -0.39 is 0 Å². The molecule has 5 heteroatoms. The molecule has 0 aliphatic carbocycles. The average Bonchev–Trinajstić information content (AvgIpc) is 2.84. The number of hydrogen-bond donors (Lipinski definition) is 1. The number of nitriles is 1. The molecule has 86 valence electrons. The Bertz CT molecular complexity index is 528. The zero-order valence-electron chi connectivity index (χ0n) is 9.47. The van der Waals surface area contributed by atoms with Gasteiger partial charge in [0.2, 0.25) is 6.39 Å². The second-order valence-electron chi connectivity index (χ2n) is 3.63. The molecule has 0 aliphatic heterocycles. The number of aryl methyl sites for hydroxylation is 1. The number of anilines is 1. The van der Waals surface area contributed by atoms with E-state index in [2.05, 4.69) is 26.0 Å². The Labute approximate surface area is 99.1 Å². The van der Waals surface area contributed by atoms with Gasteiger partial charge in [-0.25, -0.2) is 0 Å². The molecule has 1 aromatic heterocycles. The van der Waals surface area contributed by atoms with E-state index >= 15 is 0 Å². The van der Waals surface area contributed by atoms with Crippen molar-refractivity contribution in [1.82, 2.24) is 10.1 Å². The topological polar surface area (TPSA) is 74.7 Å². The van der Waals surface area contributed by atoms with Crippen molar-refractivity contribution in [3.05, 3.63) is 41.5 Å². The van der Waals surface area contributed by atoms with Crippen LogP contribution in [-0.4, -0.2) is 16.7 Å². The number of rotatable bonds is 4. The molecular formula is C12H12N4O. The lowest BCUT2D eigenvalue weighted by Crippen LogP contribution is -2.08. The van der Waals surface area contributed by atoms with Gasteiger partial charge < -0.3 is 9.84 Å². The highest BCUT2D eigenvalue weighted by Gasteiger charge is 2.05. The second kappa shape index (κ2) is 5.12. The minimum Gasteiger partial charge on any atom is -0.383 e. The zero-order valence-corrected chi connectivity index (χ0v) is 9.47. The molecule has 2 rings (SSSR count). The number of hydrogen-bond acceptors (Lipinski definition) is 5. The molecule has 0 aliphatic rings. The van der Waals surface area contributed by atoms with Gasteiger partial charge in [-0.2, -0.15) is 10.2 Å². The van der Waals surface area contributed by atoms with Gasteiger partial charge in [0.25, 0.3) is 0 Å². The first kappa shape index (κ1) is 11.1. The molecule has 1 aromatic carbocycles. The summed E-state index contributed by atoms with van der Waals surface area (Å²) in [7, 11) is 0. The third-order valence-electron chi connectivity index (χ3n) is 2.45. The van der Waals surface area contributed by atoms with Crippen molar-refractivity contribution in [3.63, 3.8) is 0 Å². The molecule has 0 radical (unpaired) electrons. The van der Waals surface area contributed by atoms with Crippen LogP contribution in [-0.2, 0) is 6.42 Å². The van der Waals surface area contributed by atoms with Crippen LogP contribution in [0, 0.1) is 18.3 Å². The van der Waals surface area contributed by atoms with Gasteiger partial charge in [0.05, 0.1) is 11.3 Å². The van der Waals surface area contributed by atoms with Crippen LogP contribution in [0.25, 0.3) is 0 Å². The largest absolute Gasteiger partial charge is 0.383 e. The lowest BCUT2D eigenvalue weighted by molar-refractivity contribution is 0.410. The summed E-state index contributed by atoms with van der Waals surface area (Å²) in [6.07, 6.45) is 1.97. The molecular weight excluding hydrogens is 216 g/mol. The van der Waals surface area contributed by atoms with E-state index in [0.29, 0.717) is 24.4 Å². The van der Waals surface area contributed by atoms with Crippen molar-refractivity contribution in [3.8, 4) is 6.07 Å². The quantitative estimate of drug-likeness (QED) is 0.865. The number of nitrogens with one attached hydrogen (secondary N) is 1. The van der Waals surface area contributed by atoms with E-state index in [1.807, 2.05) is 19.1 Å². The third-order valence-corrected chi connectivity index (χ3v) is 2.45. The van der Waals surface area contributed by atoms with E-state index in [1.54, 1.807) is 6.07 Å². The summed E-state index contributed by atoms with van der Waals surface area (Å²) in [5.74, 6) is 0.657. The van der Waals surface area contributed by atoms with Crippen molar-refractivity contribution in [2.24, 2.45) is 0 Å². The maximum absolute atomic E-state index is 9.00. The van der Waals surface area contributed by atoms with Crippen LogP contribution in [0.3, 0.4) is 0 Å². The van der Waals surface area contributed by atoms with Crippen LogP contribution in [0.1, 0.15) is 17.0 Å². The van der Waals surface area contributed by atoms with Crippen LogP contribution < -0.4 is 5.32 Å². The number of benzene rings is 1. The summed E-state index contributed by atoms with van der Waals surface area (Å²) in [4.78, 5) is 3.93. The smallest absolute Gasteiger partial charge is 0.213 e. The van der Waals surface area contributed by atoms with E-state index in [4.69, 9.17) is 5.26 Å². The predicted molar refractivity (Wildman–Crippen MR) is 62.4 cm³/mol. The molecule has 5 nitrogen and oxygen atoms in total. The molecule has 0 amide bonds. The molecule has 0 saturated heterocycles. The van der Waals surface area contributed by atoms with Gasteiger partial charge in [-0.05, 0) is 18.6 Å². The summed E-state index contributed by atoms with van der Waals surface area (Å²) in [5.41, 5.74) is 2.58. The lowest BCUT2D eigenvalue weighted by Gasteiger charge is -2.09. The lowest BCUT2D eigenvalue weighted by atomic mass is 10.1. The number of aromatic nitrogens is 2. The van der Waals surface area contributed by atoms with Gasteiger partial charge in [0.15, 0.2) is 5.82 Å². The zero-order chi connectivity index (χ0) is 12.1. The number of nitrogens with zero attached hydrogens (tertiary/aromatic N) is 3. The van der Waals surface area contributed by atoms with Crippen molar-refractivity contribution in [2.75, 3.05) is 11.9 Å². The van der Waals surface area contributed by atoms with E-state index in [1.165, 1.54) is 6.39 Å². The Morgan fingerprint density at radius 3 is 3.06 bits per heavy atom. The van der Waals surface area contributed by atoms with Gasteiger partial charge in [-0.1, -0.05) is 17.3 Å². The Morgan fingerprint density at radius 1 is 1.47 bits per heavy atom. The molecule has 0 atom stereocenters. The maximum atomic E-state index is 9.00. The van der Waals surface area contributed by atoms with Crippen LogP contribution in [0.4, 0.5) is 5.69 Å². The van der Waals surface area contributed by atoms with Gasteiger partial charge in [-0.15, -0.1) is 0 Å². The third kappa shape index (κ3) is 2.61. The highest BCUT2D eigenvalue weighted by Crippen LogP contribution is 2.19. The highest BCUT2D eigenvalue weighted by molar-refractivity contribution is 5.62. The average molecular weight is 228 g/mol. The monoisotopic (exact) mass is 228 g/mol. The van der Waals surface area contributed by atoms with Crippen molar-refractivity contribution in [1.29, 1.82) is 5.26 Å². The standard InChI is InChI=1S/C12H12N4O/c1-9-3-2-4-10(7-13)12(9)14-6-5-11-15-8-17-16-11/h2-4,8,14H,5-6H2,1H3. The molecule has 17 heavy (non-hydrogen) atoms. The maximum Gasteiger partial charge on any atom is 0.213 e. The first-order chi connectivity index (χ1) is 8.31. The van der Waals surface area contributed by atoms with Crippen LogP contribution >= 0.6 is 0 Å². The SMILES string of the molecule is Cc1cccc(C#N)c1NCCc1ncon1. The Morgan fingerprint density at radius 2 is 2.35 bits per heavy atom. The van der Waals surface area contributed by atoms with Crippen molar-refractivity contribution < 1.29 is 4.52 Å². The Balaban J connectivity index is 2.02. The summed E-state index contributed by atoms with van der Waals surface area (Å²) in [5, 5.41) is 15.9. The van der Waals surface area contributed by atoms with Gasteiger partial charge >= 0.3 is 0 Å². The summed E-state index contributed by atoms with van der Waals surface area (Å²) in [6, 6.07) is 7.81. The molecule has 0 unspecified atom stereocenters. The number of para-hydroxylation sites is 1. The molecule has 0 fully saturated rings. The minimum atomic E-state index is 0.651. The Kier molecular flexibility index (Phi) is 3.36. The minimum absolute atomic E-state index is 0.651. The van der Waals surface area contributed by atoms with E-state index in [0.717, 1.165) is 11.3 Å². The van der Waals surface area contributed by atoms with Gasteiger partial charge in [0.1, 0.15) is 6.07 Å². The van der Waals surface area contributed by atoms with Gasteiger partial charge in [-0.3, -0.25) is 0 Å². The van der Waals surface area contributed by atoms with Crippen LogP contribution in [0.5, 0.6) is 0 Å². The normalized spacial score (nSPS) is 9.88. The fourth-order valence-electron chi connectivity index (χ4n) is 1.60. The van der Waals surface area contributed by atoms with Crippen LogP contribution in [0.15, 0.2) is 29.1 Å². The van der Waals surface area contributed by atoms with E-state index in [-0.39, 0.29) is 0 Å². The van der Waals surface area contributed by atoms with Crippen LogP contribution in [0.2, 0.25) is 0 Å². The molecule has 2 aromatic rings. The second-order valence-corrected chi connectivity index (χ2v) is 3.63. The highest BCUT2D eigenvalue weighted by atomic mass is 16.5. The molecule has 0 spiro atoms. The molecule has 1 heterocycles. The Hall–Kier alpha value is -2.35. The first-order valence-electron chi connectivity index (χ1n) is 5.30. The first-order valence-corrected chi connectivity index (χ1v) is 5.30. The fraction of sp³-hybridized carbons (Fsp3) is 0.250. The van der Waals surface area contributed by atoms with E-state index in [9.17, 15) is 0 Å². The predicted octanol–water partition coefficient (Wildman–Crippen LogP) is 1.90. The molecule has 0 bridgehead atoms.